The SMILES string of the molecule is Cl.O=C(NCc1ccc(COc2ccccc2)cc1)c1cn(C2CCNCC2)nn1. The molecule has 1 saturated heterocycles. The number of piperidine rings is 1. The molecular formula is C22H26ClN5O2. The van der Waals surface area contributed by atoms with Gasteiger partial charge in [0.25, 0.3) is 5.91 Å². The van der Waals surface area contributed by atoms with Gasteiger partial charge in [0.1, 0.15) is 12.4 Å². The largest absolute Gasteiger partial charge is 0.489 e. The van der Waals surface area contributed by atoms with E-state index in [1.807, 2.05) is 59.3 Å². The van der Waals surface area contributed by atoms with Gasteiger partial charge in [0.15, 0.2) is 5.69 Å². The Morgan fingerprint density at radius 3 is 2.50 bits per heavy atom. The molecule has 1 aliphatic heterocycles. The first-order valence-electron chi connectivity index (χ1n) is 9.94. The molecule has 0 saturated carbocycles. The summed E-state index contributed by atoms with van der Waals surface area (Å²) >= 11 is 0. The van der Waals surface area contributed by atoms with Gasteiger partial charge in [-0.3, -0.25) is 4.79 Å². The van der Waals surface area contributed by atoms with Gasteiger partial charge in [0.2, 0.25) is 0 Å². The number of carbonyl (C=O) groups excluding carboxylic acids is 1. The molecule has 1 fully saturated rings. The van der Waals surface area contributed by atoms with Crippen molar-refractivity contribution < 1.29 is 9.53 Å². The molecule has 2 heterocycles. The Morgan fingerprint density at radius 2 is 1.77 bits per heavy atom. The molecule has 1 amide bonds. The topological polar surface area (TPSA) is 81.1 Å². The fraction of sp³-hybridized carbons (Fsp3) is 0.318. The standard InChI is InChI=1S/C22H25N5O2.ClH/c28-22(21-15-27(26-25-21)19-10-12-23-13-11-19)24-14-17-6-8-18(9-7-17)16-29-20-4-2-1-3-5-20;/h1-9,15,19,23H,10-14,16H2,(H,24,28);1H. The Labute approximate surface area is 182 Å². The molecule has 30 heavy (non-hydrogen) atoms. The second-order valence-corrected chi connectivity index (χ2v) is 7.17. The highest BCUT2D eigenvalue weighted by atomic mass is 35.5. The number of rotatable bonds is 7. The summed E-state index contributed by atoms with van der Waals surface area (Å²) in [5.74, 6) is 0.642. The lowest BCUT2D eigenvalue weighted by molar-refractivity contribution is 0.0946. The Balaban J connectivity index is 0.00000256. The van der Waals surface area contributed by atoms with Crippen LogP contribution in [-0.2, 0) is 13.2 Å². The van der Waals surface area contributed by atoms with Gasteiger partial charge in [0.05, 0.1) is 12.2 Å². The van der Waals surface area contributed by atoms with Crippen molar-refractivity contribution in [1.82, 2.24) is 25.6 Å². The highest BCUT2D eigenvalue weighted by Crippen LogP contribution is 2.17. The van der Waals surface area contributed by atoms with E-state index in [0.29, 0.717) is 24.9 Å². The molecule has 1 aliphatic rings. The van der Waals surface area contributed by atoms with Crippen LogP contribution in [0.25, 0.3) is 0 Å². The summed E-state index contributed by atoms with van der Waals surface area (Å²) in [6.45, 7) is 2.90. The minimum Gasteiger partial charge on any atom is -0.489 e. The molecule has 158 valence electrons. The zero-order valence-electron chi connectivity index (χ0n) is 16.7. The zero-order valence-corrected chi connectivity index (χ0v) is 17.5. The third-order valence-electron chi connectivity index (χ3n) is 5.05. The molecule has 0 bridgehead atoms. The van der Waals surface area contributed by atoms with Gasteiger partial charge in [-0.2, -0.15) is 0 Å². The van der Waals surface area contributed by atoms with Crippen LogP contribution in [0.3, 0.4) is 0 Å². The second-order valence-electron chi connectivity index (χ2n) is 7.17. The van der Waals surface area contributed by atoms with Crippen molar-refractivity contribution in [2.24, 2.45) is 0 Å². The number of para-hydroxylation sites is 1. The third kappa shape index (κ3) is 5.81. The van der Waals surface area contributed by atoms with Crippen molar-refractivity contribution in [3.05, 3.63) is 77.6 Å². The minimum absolute atomic E-state index is 0. The summed E-state index contributed by atoms with van der Waals surface area (Å²) in [4.78, 5) is 12.4. The van der Waals surface area contributed by atoms with E-state index in [9.17, 15) is 4.79 Å². The zero-order chi connectivity index (χ0) is 19.9. The maximum atomic E-state index is 12.4. The number of benzene rings is 2. The van der Waals surface area contributed by atoms with E-state index < -0.39 is 0 Å². The number of hydrogen-bond donors (Lipinski definition) is 2. The lowest BCUT2D eigenvalue weighted by Crippen LogP contribution is -2.29. The molecule has 0 spiro atoms. The number of carbonyl (C=O) groups is 1. The van der Waals surface area contributed by atoms with Crippen LogP contribution in [-0.4, -0.2) is 34.0 Å². The molecule has 2 aromatic carbocycles. The highest BCUT2D eigenvalue weighted by Gasteiger charge is 2.18. The van der Waals surface area contributed by atoms with Crippen LogP contribution < -0.4 is 15.4 Å². The summed E-state index contributed by atoms with van der Waals surface area (Å²) in [5.41, 5.74) is 2.46. The van der Waals surface area contributed by atoms with Crippen LogP contribution in [0.5, 0.6) is 5.75 Å². The lowest BCUT2D eigenvalue weighted by Gasteiger charge is -2.22. The Kier molecular flexibility index (Phi) is 7.82. The molecule has 0 aliphatic carbocycles. The van der Waals surface area contributed by atoms with E-state index in [-0.39, 0.29) is 18.3 Å². The first kappa shape index (κ1) is 21.8. The van der Waals surface area contributed by atoms with Gasteiger partial charge in [0, 0.05) is 6.54 Å². The van der Waals surface area contributed by atoms with Crippen molar-refractivity contribution in [3.63, 3.8) is 0 Å². The van der Waals surface area contributed by atoms with Gasteiger partial charge in [-0.05, 0) is 49.2 Å². The van der Waals surface area contributed by atoms with E-state index in [0.717, 1.165) is 42.8 Å². The van der Waals surface area contributed by atoms with E-state index in [2.05, 4.69) is 20.9 Å². The Hall–Kier alpha value is -2.90. The highest BCUT2D eigenvalue weighted by molar-refractivity contribution is 5.91. The smallest absolute Gasteiger partial charge is 0.273 e. The molecule has 3 aromatic rings. The molecule has 8 heteroatoms. The van der Waals surface area contributed by atoms with Crippen LogP contribution in [0.1, 0.15) is 40.5 Å². The monoisotopic (exact) mass is 427 g/mol. The van der Waals surface area contributed by atoms with Gasteiger partial charge in [-0.1, -0.05) is 47.7 Å². The maximum absolute atomic E-state index is 12.4. The van der Waals surface area contributed by atoms with Gasteiger partial charge < -0.3 is 15.4 Å². The number of aromatic nitrogens is 3. The maximum Gasteiger partial charge on any atom is 0.273 e. The van der Waals surface area contributed by atoms with Gasteiger partial charge in [-0.25, -0.2) is 4.68 Å². The number of amides is 1. The van der Waals surface area contributed by atoms with Crippen molar-refractivity contribution in [2.75, 3.05) is 13.1 Å². The van der Waals surface area contributed by atoms with Crippen LogP contribution >= 0.6 is 12.4 Å². The normalized spacial score (nSPS) is 14.0. The van der Waals surface area contributed by atoms with Crippen molar-refractivity contribution in [1.29, 1.82) is 0 Å². The van der Waals surface area contributed by atoms with Crippen LogP contribution in [0.15, 0.2) is 60.8 Å². The summed E-state index contributed by atoms with van der Waals surface area (Å²) in [6, 6.07) is 18.1. The number of nitrogens with zero attached hydrogens (tertiary/aromatic N) is 3. The van der Waals surface area contributed by atoms with E-state index in [1.165, 1.54) is 0 Å². The summed E-state index contributed by atoms with van der Waals surface area (Å²) < 4.78 is 7.57. The van der Waals surface area contributed by atoms with E-state index >= 15 is 0 Å². The summed E-state index contributed by atoms with van der Waals surface area (Å²) in [5, 5.41) is 14.4. The van der Waals surface area contributed by atoms with Crippen molar-refractivity contribution in [3.8, 4) is 5.75 Å². The van der Waals surface area contributed by atoms with Crippen LogP contribution in [0, 0.1) is 0 Å². The van der Waals surface area contributed by atoms with Crippen LogP contribution in [0.4, 0.5) is 0 Å². The van der Waals surface area contributed by atoms with Crippen molar-refractivity contribution >= 4 is 18.3 Å². The quantitative estimate of drug-likeness (QED) is 0.605. The molecular weight excluding hydrogens is 402 g/mol. The molecule has 0 radical (unpaired) electrons. The van der Waals surface area contributed by atoms with E-state index in [1.54, 1.807) is 6.20 Å². The third-order valence-corrected chi connectivity index (χ3v) is 5.05. The number of nitrogens with one attached hydrogen (secondary N) is 2. The second kappa shape index (κ2) is 10.8. The van der Waals surface area contributed by atoms with Gasteiger partial charge >= 0.3 is 0 Å². The number of halogens is 1. The fourth-order valence-electron chi connectivity index (χ4n) is 3.34. The summed E-state index contributed by atoms with van der Waals surface area (Å²) in [7, 11) is 0. The molecule has 2 N–H and O–H groups in total. The van der Waals surface area contributed by atoms with Crippen molar-refractivity contribution in [2.45, 2.75) is 32.0 Å². The Bertz CT molecular complexity index is 924. The van der Waals surface area contributed by atoms with Gasteiger partial charge in [-0.15, -0.1) is 17.5 Å². The molecule has 0 atom stereocenters. The Morgan fingerprint density at radius 1 is 1.07 bits per heavy atom. The average molecular weight is 428 g/mol. The molecule has 0 unspecified atom stereocenters. The number of ether oxygens (including phenoxy) is 1. The predicted octanol–water partition coefficient (Wildman–Crippen LogP) is 3.13. The average Bonchev–Trinajstić information content (AvgIpc) is 3.29. The molecule has 4 rings (SSSR count). The van der Waals surface area contributed by atoms with Crippen LogP contribution in [0.2, 0.25) is 0 Å². The number of hydrogen-bond acceptors (Lipinski definition) is 5. The molecule has 1 aromatic heterocycles. The predicted molar refractivity (Wildman–Crippen MR) is 117 cm³/mol. The lowest BCUT2D eigenvalue weighted by atomic mass is 10.1. The summed E-state index contributed by atoms with van der Waals surface area (Å²) in [6.07, 6.45) is 3.75. The molecule has 7 nitrogen and oxygen atoms in total. The van der Waals surface area contributed by atoms with E-state index in [4.69, 9.17) is 4.74 Å². The fourth-order valence-corrected chi connectivity index (χ4v) is 3.34. The first-order valence-corrected chi connectivity index (χ1v) is 9.94. The first-order chi connectivity index (χ1) is 14.3. The minimum atomic E-state index is -0.207.